The fourth-order valence-corrected chi connectivity index (χ4v) is 2.76. The summed E-state index contributed by atoms with van der Waals surface area (Å²) in [6, 6.07) is 3.24. The molecule has 0 fully saturated rings. The maximum Gasteiger partial charge on any atom is 0.293 e. The molecule has 0 aliphatic rings. The largest absolute Gasteiger partial charge is 0.444 e. The molecule has 2 rings (SSSR count). The Morgan fingerprint density at radius 3 is 2.94 bits per heavy atom. The molecular weight excluding hydrogens is 374 g/mol. The topological polar surface area (TPSA) is 68.0 Å². The average Bonchev–Trinajstić information content (AvgIpc) is 2.88. The number of carbonyl (C=O) groups is 1. The van der Waals surface area contributed by atoms with Gasteiger partial charge in [0.15, 0.2) is 10.4 Å². The molecule has 0 spiro atoms. The van der Waals surface area contributed by atoms with Crippen LogP contribution in [0.2, 0.25) is 0 Å². The number of nitrogens with zero attached hydrogens (tertiary/aromatic N) is 2. The molecule has 0 unspecified atom stereocenters. The predicted molar refractivity (Wildman–Crippen MR) is 71.8 cm³/mol. The van der Waals surface area contributed by atoms with E-state index in [0.29, 0.717) is 9.80 Å². The van der Waals surface area contributed by atoms with Gasteiger partial charge in [-0.05, 0) is 28.1 Å². The van der Waals surface area contributed by atoms with Crippen LogP contribution in [0.4, 0.5) is 5.13 Å². The number of hydrogen-bond acceptors (Lipinski definition) is 5. The Morgan fingerprint density at radius 1 is 1.47 bits per heavy atom. The highest BCUT2D eigenvalue weighted by molar-refractivity contribution is 9.10. The van der Waals surface area contributed by atoms with Gasteiger partial charge in [0.25, 0.3) is 5.91 Å². The molecule has 0 aliphatic heterocycles. The van der Waals surface area contributed by atoms with Crippen molar-refractivity contribution in [2.24, 2.45) is 0 Å². The number of hydrogen-bond donors (Lipinski definition) is 1. The molecule has 0 aromatic carbocycles. The molecule has 2 aromatic rings. The first kappa shape index (κ1) is 12.7. The molecule has 17 heavy (non-hydrogen) atoms. The van der Waals surface area contributed by atoms with Crippen LogP contribution in [0.25, 0.3) is 0 Å². The van der Waals surface area contributed by atoms with Crippen molar-refractivity contribution in [3.63, 3.8) is 0 Å². The second kappa shape index (κ2) is 5.74. The molecule has 0 atom stereocenters. The zero-order valence-corrected chi connectivity index (χ0v) is 12.4. The van der Waals surface area contributed by atoms with E-state index in [9.17, 15) is 4.79 Å². The lowest BCUT2D eigenvalue weighted by molar-refractivity contribution is 0.0995. The molecule has 1 N–H and O–H groups in total. The molecule has 2 aromatic heterocycles. The van der Waals surface area contributed by atoms with E-state index in [1.807, 2.05) is 0 Å². The summed E-state index contributed by atoms with van der Waals surface area (Å²) in [6.45, 7) is 0. The zero-order chi connectivity index (χ0) is 12.3. The monoisotopic (exact) mass is 379 g/mol. The number of aromatic nitrogens is 2. The van der Waals surface area contributed by atoms with Crippen LogP contribution in [-0.4, -0.2) is 21.4 Å². The molecule has 0 saturated heterocycles. The van der Waals surface area contributed by atoms with Gasteiger partial charge in [0.1, 0.15) is 5.01 Å². The molecule has 1 amide bonds. The van der Waals surface area contributed by atoms with E-state index in [2.05, 4.69) is 47.4 Å². The average molecular weight is 381 g/mol. The SMILES string of the molecule is O=C(Nc1nnc(CCBr)s1)c1ccc(Br)o1. The first-order valence-corrected chi connectivity index (χ1v) is 7.37. The summed E-state index contributed by atoms with van der Waals surface area (Å²) >= 11 is 7.80. The van der Waals surface area contributed by atoms with Crippen LogP contribution in [0.1, 0.15) is 15.6 Å². The third-order valence-corrected chi connectivity index (χ3v) is 3.51. The predicted octanol–water partition coefficient (Wildman–Crippen LogP) is 3.08. The van der Waals surface area contributed by atoms with Crippen LogP contribution in [0, 0.1) is 0 Å². The van der Waals surface area contributed by atoms with Crippen molar-refractivity contribution in [2.75, 3.05) is 10.6 Å². The van der Waals surface area contributed by atoms with Crippen molar-refractivity contribution in [2.45, 2.75) is 6.42 Å². The fourth-order valence-electron chi connectivity index (χ4n) is 1.08. The third kappa shape index (κ3) is 3.36. The van der Waals surface area contributed by atoms with Gasteiger partial charge in [-0.3, -0.25) is 10.1 Å². The Balaban J connectivity index is 2.02. The number of halogens is 2. The van der Waals surface area contributed by atoms with Crippen molar-refractivity contribution in [1.82, 2.24) is 10.2 Å². The summed E-state index contributed by atoms with van der Waals surface area (Å²) in [4.78, 5) is 11.7. The molecule has 0 bridgehead atoms. The molecular formula is C9H7Br2N3O2S. The highest BCUT2D eigenvalue weighted by Gasteiger charge is 2.13. The van der Waals surface area contributed by atoms with Crippen LogP contribution in [0.15, 0.2) is 21.2 Å². The van der Waals surface area contributed by atoms with Gasteiger partial charge in [-0.2, -0.15) is 0 Å². The molecule has 0 aliphatic carbocycles. The smallest absolute Gasteiger partial charge is 0.293 e. The maximum absolute atomic E-state index is 11.7. The normalized spacial score (nSPS) is 10.5. The number of rotatable bonds is 4. The van der Waals surface area contributed by atoms with E-state index < -0.39 is 0 Å². The standard InChI is InChI=1S/C9H7Br2N3O2S/c10-4-3-7-13-14-9(17-7)12-8(15)5-1-2-6(11)16-5/h1-2H,3-4H2,(H,12,14,15). The van der Waals surface area contributed by atoms with Gasteiger partial charge in [0, 0.05) is 11.8 Å². The first-order chi connectivity index (χ1) is 8.19. The van der Waals surface area contributed by atoms with Crippen molar-refractivity contribution in [1.29, 1.82) is 0 Å². The minimum Gasteiger partial charge on any atom is -0.444 e. The Hall–Kier alpha value is -0.730. The number of amides is 1. The summed E-state index contributed by atoms with van der Waals surface area (Å²) in [5.41, 5.74) is 0. The maximum atomic E-state index is 11.7. The van der Waals surface area contributed by atoms with Crippen LogP contribution in [0.5, 0.6) is 0 Å². The van der Waals surface area contributed by atoms with Crippen molar-refractivity contribution in [3.05, 3.63) is 27.6 Å². The first-order valence-electron chi connectivity index (χ1n) is 4.64. The summed E-state index contributed by atoms with van der Waals surface area (Å²) in [5, 5.41) is 12.6. The van der Waals surface area contributed by atoms with E-state index >= 15 is 0 Å². The lowest BCUT2D eigenvalue weighted by Crippen LogP contribution is -2.10. The zero-order valence-electron chi connectivity index (χ0n) is 8.44. The van der Waals surface area contributed by atoms with Crippen LogP contribution in [0.3, 0.4) is 0 Å². The number of anilines is 1. The van der Waals surface area contributed by atoms with E-state index in [-0.39, 0.29) is 11.7 Å². The molecule has 0 saturated carbocycles. The Bertz CT molecular complexity index is 526. The number of carbonyl (C=O) groups excluding carboxylic acids is 1. The van der Waals surface area contributed by atoms with Gasteiger partial charge >= 0.3 is 0 Å². The van der Waals surface area contributed by atoms with Crippen molar-refractivity contribution < 1.29 is 9.21 Å². The Labute approximate surface area is 118 Å². The van der Waals surface area contributed by atoms with E-state index in [0.717, 1.165) is 16.8 Å². The molecule has 5 nitrogen and oxygen atoms in total. The van der Waals surface area contributed by atoms with Crippen LogP contribution >= 0.6 is 43.2 Å². The minimum atomic E-state index is -0.336. The third-order valence-electron chi connectivity index (χ3n) is 1.79. The Kier molecular flexibility index (Phi) is 4.30. The molecule has 8 heteroatoms. The van der Waals surface area contributed by atoms with Crippen LogP contribution < -0.4 is 5.32 Å². The van der Waals surface area contributed by atoms with E-state index in [1.165, 1.54) is 11.3 Å². The van der Waals surface area contributed by atoms with Gasteiger partial charge < -0.3 is 4.42 Å². The fraction of sp³-hybridized carbons (Fsp3) is 0.222. The molecule has 0 radical (unpaired) electrons. The highest BCUT2D eigenvalue weighted by atomic mass is 79.9. The van der Waals surface area contributed by atoms with Gasteiger partial charge in [0.2, 0.25) is 5.13 Å². The lowest BCUT2D eigenvalue weighted by atomic mass is 10.4. The van der Waals surface area contributed by atoms with Gasteiger partial charge in [0.05, 0.1) is 0 Å². The highest BCUT2D eigenvalue weighted by Crippen LogP contribution is 2.19. The summed E-state index contributed by atoms with van der Waals surface area (Å²) in [5.74, 6) is -0.105. The number of alkyl halides is 1. The summed E-state index contributed by atoms with van der Waals surface area (Å²) in [6.07, 6.45) is 0.792. The molecule has 90 valence electrons. The van der Waals surface area contributed by atoms with Crippen molar-refractivity contribution in [3.8, 4) is 0 Å². The van der Waals surface area contributed by atoms with Gasteiger partial charge in [-0.25, -0.2) is 0 Å². The minimum absolute atomic E-state index is 0.231. The van der Waals surface area contributed by atoms with Gasteiger partial charge in [-0.1, -0.05) is 27.3 Å². The van der Waals surface area contributed by atoms with E-state index in [4.69, 9.17) is 4.42 Å². The lowest BCUT2D eigenvalue weighted by Gasteiger charge is -1.95. The Morgan fingerprint density at radius 2 is 2.29 bits per heavy atom. The van der Waals surface area contributed by atoms with E-state index in [1.54, 1.807) is 12.1 Å². The van der Waals surface area contributed by atoms with Gasteiger partial charge in [-0.15, -0.1) is 10.2 Å². The number of nitrogens with one attached hydrogen (secondary N) is 1. The second-order valence-corrected chi connectivity index (χ2v) is 5.63. The quantitative estimate of drug-likeness (QED) is 0.827. The molecule has 2 heterocycles. The summed E-state index contributed by atoms with van der Waals surface area (Å²) in [7, 11) is 0. The second-order valence-electron chi connectivity index (χ2n) is 3.00. The van der Waals surface area contributed by atoms with Crippen LogP contribution in [-0.2, 0) is 6.42 Å². The number of aryl methyl sites for hydroxylation is 1. The number of furan rings is 1. The van der Waals surface area contributed by atoms with Crippen molar-refractivity contribution >= 4 is 54.2 Å². The summed E-state index contributed by atoms with van der Waals surface area (Å²) < 4.78 is 5.64.